The molecule has 0 spiro atoms. The minimum absolute atomic E-state index is 0.00408. The number of hydrogen-bond donors (Lipinski definition) is 1. The average Bonchev–Trinajstić information content (AvgIpc) is 2.74. The Labute approximate surface area is 166 Å². The Morgan fingerprint density at radius 2 is 1.82 bits per heavy atom. The Morgan fingerprint density at radius 3 is 2.61 bits per heavy atom. The van der Waals surface area contributed by atoms with Crippen LogP contribution in [0.2, 0.25) is 0 Å². The summed E-state index contributed by atoms with van der Waals surface area (Å²) >= 11 is 0. The van der Waals surface area contributed by atoms with Crippen molar-refractivity contribution in [1.82, 2.24) is 9.88 Å². The van der Waals surface area contributed by atoms with E-state index in [1.54, 1.807) is 4.90 Å². The van der Waals surface area contributed by atoms with Gasteiger partial charge in [0.2, 0.25) is 5.91 Å². The molecule has 5 heteroatoms. The van der Waals surface area contributed by atoms with Gasteiger partial charge in [-0.1, -0.05) is 17.7 Å². The SMILES string of the molecule is Cc1ccc(C(=O)N2CCCC(C(=O)Nc3cc4c(cn3)CCCC4)C2)cc1. The molecular weight excluding hydrogens is 350 g/mol. The molecule has 1 saturated heterocycles. The smallest absolute Gasteiger partial charge is 0.253 e. The quantitative estimate of drug-likeness (QED) is 0.886. The highest BCUT2D eigenvalue weighted by Crippen LogP contribution is 2.24. The van der Waals surface area contributed by atoms with E-state index in [1.807, 2.05) is 43.5 Å². The average molecular weight is 377 g/mol. The zero-order valence-electron chi connectivity index (χ0n) is 16.4. The number of fused-ring (bicyclic) bond motifs is 1. The lowest BCUT2D eigenvalue weighted by Gasteiger charge is -2.32. The minimum Gasteiger partial charge on any atom is -0.338 e. The van der Waals surface area contributed by atoms with Gasteiger partial charge in [0.15, 0.2) is 0 Å². The second-order valence-corrected chi connectivity index (χ2v) is 7.99. The standard InChI is InChI=1S/C23H27N3O2/c1-16-8-10-17(11-9-16)23(28)26-12-4-7-20(15-26)22(27)25-21-13-18-5-2-3-6-19(18)14-24-21/h8-11,13-14,20H,2-7,12,15H2,1H3,(H,24,25,27). The Balaban J connectivity index is 1.40. The van der Waals surface area contributed by atoms with Crippen LogP contribution in [0.4, 0.5) is 5.82 Å². The van der Waals surface area contributed by atoms with E-state index in [0.29, 0.717) is 24.5 Å². The number of nitrogens with zero attached hydrogens (tertiary/aromatic N) is 2. The minimum atomic E-state index is -0.194. The van der Waals surface area contributed by atoms with Gasteiger partial charge in [0, 0.05) is 24.8 Å². The zero-order chi connectivity index (χ0) is 19.5. The number of benzene rings is 1. The Kier molecular flexibility index (Phi) is 5.42. The van der Waals surface area contributed by atoms with Crippen LogP contribution in [0.3, 0.4) is 0 Å². The van der Waals surface area contributed by atoms with Crippen LogP contribution in [0.5, 0.6) is 0 Å². The molecule has 4 rings (SSSR count). The summed E-state index contributed by atoms with van der Waals surface area (Å²) in [6.07, 6.45) is 8.09. The molecule has 1 aliphatic carbocycles. The highest BCUT2D eigenvalue weighted by atomic mass is 16.2. The van der Waals surface area contributed by atoms with Crippen LogP contribution in [-0.2, 0) is 17.6 Å². The second kappa shape index (κ2) is 8.13. The maximum Gasteiger partial charge on any atom is 0.253 e. The van der Waals surface area contributed by atoms with Gasteiger partial charge in [-0.25, -0.2) is 4.98 Å². The monoisotopic (exact) mass is 377 g/mol. The maximum absolute atomic E-state index is 12.8. The molecule has 2 aliphatic rings. The van der Waals surface area contributed by atoms with Crippen LogP contribution in [-0.4, -0.2) is 34.8 Å². The molecule has 1 N–H and O–H groups in total. The van der Waals surface area contributed by atoms with Crippen LogP contribution in [0.1, 0.15) is 52.7 Å². The number of pyridine rings is 1. The zero-order valence-corrected chi connectivity index (χ0v) is 16.4. The first kappa shape index (κ1) is 18.7. The van der Waals surface area contributed by atoms with Crippen molar-refractivity contribution in [3.8, 4) is 0 Å². The summed E-state index contributed by atoms with van der Waals surface area (Å²) in [7, 11) is 0. The first-order chi connectivity index (χ1) is 13.6. The van der Waals surface area contributed by atoms with Gasteiger partial charge in [0.1, 0.15) is 5.82 Å². The summed E-state index contributed by atoms with van der Waals surface area (Å²) in [5.41, 5.74) is 4.42. The van der Waals surface area contributed by atoms with Crippen molar-refractivity contribution in [2.45, 2.75) is 45.4 Å². The summed E-state index contributed by atoms with van der Waals surface area (Å²) in [6.45, 7) is 3.17. The number of aryl methyl sites for hydroxylation is 3. The van der Waals surface area contributed by atoms with E-state index in [4.69, 9.17) is 0 Å². The molecule has 0 radical (unpaired) electrons. The lowest BCUT2D eigenvalue weighted by atomic mass is 9.93. The van der Waals surface area contributed by atoms with E-state index in [-0.39, 0.29) is 17.7 Å². The Bertz CT molecular complexity index is 876. The summed E-state index contributed by atoms with van der Waals surface area (Å²) < 4.78 is 0. The summed E-state index contributed by atoms with van der Waals surface area (Å²) in [4.78, 5) is 31.8. The molecule has 2 aromatic rings. The first-order valence-electron chi connectivity index (χ1n) is 10.2. The topological polar surface area (TPSA) is 62.3 Å². The number of rotatable bonds is 3. The van der Waals surface area contributed by atoms with Crippen LogP contribution < -0.4 is 5.32 Å². The lowest BCUT2D eigenvalue weighted by molar-refractivity contribution is -0.121. The first-order valence-corrected chi connectivity index (χ1v) is 10.2. The fourth-order valence-corrected chi connectivity index (χ4v) is 4.17. The second-order valence-electron chi connectivity index (χ2n) is 7.99. The number of hydrogen-bond acceptors (Lipinski definition) is 3. The van der Waals surface area contributed by atoms with Gasteiger partial charge in [-0.2, -0.15) is 0 Å². The Morgan fingerprint density at radius 1 is 1.07 bits per heavy atom. The van der Waals surface area contributed by atoms with Crippen molar-refractivity contribution in [3.63, 3.8) is 0 Å². The summed E-state index contributed by atoms with van der Waals surface area (Å²) in [5.74, 6) is 0.405. The van der Waals surface area contributed by atoms with Crippen LogP contribution in [0.15, 0.2) is 36.5 Å². The van der Waals surface area contributed by atoms with Crippen LogP contribution >= 0.6 is 0 Å². The van der Waals surface area contributed by atoms with Crippen molar-refractivity contribution >= 4 is 17.6 Å². The van der Waals surface area contributed by atoms with Gasteiger partial charge in [0.25, 0.3) is 5.91 Å². The number of nitrogens with one attached hydrogen (secondary N) is 1. The van der Waals surface area contributed by atoms with Crippen molar-refractivity contribution in [3.05, 3.63) is 58.8 Å². The van der Waals surface area contributed by atoms with Crippen LogP contribution in [0.25, 0.3) is 0 Å². The van der Waals surface area contributed by atoms with Gasteiger partial charge in [-0.05, 0) is 74.8 Å². The van der Waals surface area contributed by atoms with E-state index in [2.05, 4.69) is 10.3 Å². The Hall–Kier alpha value is -2.69. The highest BCUT2D eigenvalue weighted by Gasteiger charge is 2.29. The third kappa shape index (κ3) is 4.08. The fourth-order valence-electron chi connectivity index (χ4n) is 4.17. The van der Waals surface area contributed by atoms with E-state index in [9.17, 15) is 9.59 Å². The number of piperidine rings is 1. The van der Waals surface area contributed by atoms with Crippen molar-refractivity contribution in [1.29, 1.82) is 0 Å². The molecule has 0 saturated carbocycles. The molecule has 1 aromatic carbocycles. The molecule has 1 fully saturated rings. The largest absolute Gasteiger partial charge is 0.338 e. The lowest BCUT2D eigenvalue weighted by Crippen LogP contribution is -2.43. The molecule has 146 valence electrons. The predicted molar refractivity (Wildman–Crippen MR) is 109 cm³/mol. The van der Waals surface area contributed by atoms with Crippen molar-refractivity contribution in [2.75, 3.05) is 18.4 Å². The molecule has 2 heterocycles. The molecule has 28 heavy (non-hydrogen) atoms. The third-order valence-electron chi connectivity index (χ3n) is 5.85. The van der Waals surface area contributed by atoms with E-state index < -0.39 is 0 Å². The summed E-state index contributed by atoms with van der Waals surface area (Å²) in [6, 6.07) is 9.63. The molecule has 1 aromatic heterocycles. The predicted octanol–water partition coefficient (Wildman–Crippen LogP) is 3.76. The number of likely N-dealkylation sites (tertiary alicyclic amines) is 1. The number of aromatic nitrogens is 1. The molecule has 1 atom stereocenters. The third-order valence-corrected chi connectivity index (χ3v) is 5.85. The number of anilines is 1. The van der Waals surface area contributed by atoms with E-state index in [0.717, 1.165) is 31.2 Å². The van der Waals surface area contributed by atoms with Crippen molar-refractivity contribution in [2.24, 2.45) is 5.92 Å². The van der Waals surface area contributed by atoms with Crippen LogP contribution in [0, 0.1) is 12.8 Å². The molecule has 2 amide bonds. The molecule has 0 bridgehead atoms. The number of amides is 2. The maximum atomic E-state index is 12.8. The van der Waals surface area contributed by atoms with E-state index in [1.165, 1.54) is 24.0 Å². The molecule has 1 unspecified atom stereocenters. The fraction of sp³-hybridized carbons (Fsp3) is 0.435. The molecule has 1 aliphatic heterocycles. The summed E-state index contributed by atoms with van der Waals surface area (Å²) in [5, 5.41) is 2.98. The normalized spacial score (nSPS) is 19.0. The van der Waals surface area contributed by atoms with Gasteiger partial charge < -0.3 is 10.2 Å². The van der Waals surface area contributed by atoms with Gasteiger partial charge in [-0.3, -0.25) is 9.59 Å². The van der Waals surface area contributed by atoms with Crippen molar-refractivity contribution < 1.29 is 9.59 Å². The molecule has 5 nitrogen and oxygen atoms in total. The van der Waals surface area contributed by atoms with Gasteiger partial charge in [-0.15, -0.1) is 0 Å². The van der Waals surface area contributed by atoms with Gasteiger partial charge >= 0.3 is 0 Å². The van der Waals surface area contributed by atoms with Gasteiger partial charge in [0.05, 0.1) is 5.92 Å². The van der Waals surface area contributed by atoms with E-state index >= 15 is 0 Å². The number of carbonyl (C=O) groups excluding carboxylic acids is 2. The molecular formula is C23H27N3O2. The number of carbonyl (C=O) groups is 2. The highest BCUT2D eigenvalue weighted by molar-refractivity contribution is 5.96.